The maximum Gasteiger partial charge on any atom is 0.311 e. The van der Waals surface area contributed by atoms with Gasteiger partial charge in [-0.05, 0) is 31.2 Å². The lowest BCUT2D eigenvalue weighted by Gasteiger charge is -2.36. The second-order valence-electron chi connectivity index (χ2n) is 5.97. The van der Waals surface area contributed by atoms with E-state index >= 15 is 0 Å². The van der Waals surface area contributed by atoms with Crippen molar-refractivity contribution in [1.29, 1.82) is 0 Å². The molecule has 0 aromatic carbocycles. The summed E-state index contributed by atoms with van der Waals surface area (Å²) < 4.78 is 47.6. The highest BCUT2D eigenvalue weighted by Crippen LogP contribution is 2.43. The number of halogens is 3. The van der Waals surface area contributed by atoms with E-state index in [0.717, 1.165) is 19.1 Å². The number of carbonyl (C=O) groups is 1. The molecule has 2 aromatic rings. The van der Waals surface area contributed by atoms with Gasteiger partial charge in [0.1, 0.15) is 23.0 Å². The van der Waals surface area contributed by atoms with Crippen LogP contribution in [0.15, 0.2) is 35.5 Å². The lowest BCUT2D eigenvalue weighted by atomic mass is 9.89. The van der Waals surface area contributed by atoms with Gasteiger partial charge in [-0.3, -0.25) is 4.79 Å². The predicted octanol–water partition coefficient (Wildman–Crippen LogP) is 1.65. The highest BCUT2D eigenvalue weighted by Gasteiger charge is 2.57. The number of amides is 1. The topological polar surface area (TPSA) is 129 Å². The second kappa shape index (κ2) is 6.41. The minimum absolute atomic E-state index is 0.0155. The molecule has 0 saturated heterocycles. The Bertz CT molecular complexity index is 919. The summed E-state index contributed by atoms with van der Waals surface area (Å²) in [5.41, 5.74) is 8.17. The van der Waals surface area contributed by atoms with Crippen molar-refractivity contribution in [3.8, 4) is 0 Å². The summed E-state index contributed by atoms with van der Waals surface area (Å²) in [5.74, 6) is -5.44. The van der Waals surface area contributed by atoms with E-state index in [9.17, 15) is 18.0 Å². The first kappa shape index (κ1) is 18.4. The third-order valence-corrected chi connectivity index (χ3v) is 4.02. The highest BCUT2D eigenvalue weighted by atomic mass is 19.3. The molecule has 5 N–H and O–H groups in total. The fourth-order valence-corrected chi connectivity index (χ4v) is 2.44. The summed E-state index contributed by atoms with van der Waals surface area (Å²) in [5, 5.41) is 2.36. The average molecular weight is 380 g/mol. The molecule has 1 aliphatic rings. The lowest BCUT2D eigenvalue weighted by Crippen LogP contribution is -2.51. The van der Waals surface area contributed by atoms with Gasteiger partial charge < -0.3 is 21.5 Å². The maximum absolute atomic E-state index is 14.4. The second-order valence-corrected chi connectivity index (χ2v) is 5.97. The van der Waals surface area contributed by atoms with Crippen LogP contribution in [0.1, 0.15) is 23.1 Å². The monoisotopic (exact) mass is 380 g/mol. The molecule has 1 atom stereocenters. The number of aliphatic imine (C=N–C) groups is 1. The van der Waals surface area contributed by atoms with E-state index in [0.29, 0.717) is 5.69 Å². The molecule has 0 unspecified atom stereocenters. The number of nitrogens with one attached hydrogen (secondary N) is 1. The molecule has 27 heavy (non-hydrogen) atoms. The summed E-state index contributed by atoms with van der Waals surface area (Å²) in [6.45, 7) is -0.0905. The van der Waals surface area contributed by atoms with Gasteiger partial charge in [-0.15, -0.1) is 0 Å². The highest BCUT2D eigenvalue weighted by molar-refractivity contribution is 6.02. The number of pyridine rings is 2. The fraction of sp³-hybridized carbons (Fsp3) is 0.250. The minimum atomic E-state index is -3.58. The number of hydrogen-bond acceptors (Lipinski definition) is 7. The molecule has 1 amide bonds. The van der Waals surface area contributed by atoms with Crippen LogP contribution in [0.25, 0.3) is 0 Å². The van der Waals surface area contributed by atoms with E-state index in [2.05, 4.69) is 25.0 Å². The molecule has 2 aromatic heterocycles. The van der Waals surface area contributed by atoms with Crippen LogP contribution in [0.2, 0.25) is 0 Å². The number of nitrogens with zero attached hydrogens (tertiary/aromatic N) is 3. The number of anilines is 2. The van der Waals surface area contributed by atoms with Crippen molar-refractivity contribution in [2.45, 2.75) is 18.4 Å². The van der Waals surface area contributed by atoms with Crippen LogP contribution in [0.4, 0.5) is 24.7 Å². The fourth-order valence-electron chi connectivity index (χ4n) is 2.44. The third kappa shape index (κ3) is 3.35. The first-order valence-corrected chi connectivity index (χ1v) is 7.68. The molecule has 1 aliphatic heterocycles. The average Bonchev–Trinajstić information content (AvgIpc) is 2.61. The Balaban J connectivity index is 1.96. The van der Waals surface area contributed by atoms with Crippen LogP contribution in [-0.4, -0.2) is 34.4 Å². The van der Waals surface area contributed by atoms with Crippen LogP contribution in [0, 0.1) is 5.82 Å². The van der Waals surface area contributed by atoms with Crippen molar-refractivity contribution in [2.24, 2.45) is 10.7 Å². The molecule has 0 fully saturated rings. The number of nitrogen functional groups attached to an aromatic ring is 1. The number of amidine groups is 1. The van der Waals surface area contributed by atoms with Gasteiger partial charge in [-0.25, -0.2) is 19.4 Å². The normalized spacial score (nSPS) is 21.1. The molecule has 0 aliphatic carbocycles. The predicted molar refractivity (Wildman–Crippen MR) is 90.7 cm³/mol. The van der Waals surface area contributed by atoms with Crippen molar-refractivity contribution >= 4 is 23.4 Å². The molecule has 0 saturated carbocycles. The summed E-state index contributed by atoms with van der Waals surface area (Å²) in [7, 11) is 0. The number of carbonyl (C=O) groups excluding carboxylic acids is 1. The van der Waals surface area contributed by atoms with Crippen LogP contribution in [0.3, 0.4) is 0 Å². The maximum atomic E-state index is 14.4. The Morgan fingerprint density at radius 1 is 1.26 bits per heavy atom. The molecule has 3 rings (SSSR count). The largest absolute Gasteiger partial charge is 0.459 e. The molecule has 0 bridgehead atoms. The Morgan fingerprint density at radius 2 is 2.00 bits per heavy atom. The van der Waals surface area contributed by atoms with Crippen LogP contribution in [0.5, 0.6) is 0 Å². The van der Waals surface area contributed by atoms with Gasteiger partial charge in [0.15, 0.2) is 12.1 Å². The lowest BCUT2D eigenvalue weighted by molar-refractivity contribution is -0.118. The molecule has 11 heteroatoms. The SMILES string of the molecule is C[C@]1(c2nc(NC(=O)c3ccc(N)cn3)ccc2F)N=C(N)OCC1(F)F. The molecular formula is C16H15F3N6O2. The third-order valence-electron chi connectivity index (χ3n) is 4.02. The summed E-state index contributed by atoms with van der Waals surface area (Å²) in [6, 6.07) is 4.35. The van der Waals surface area contributed by atoms with Gasteiger partial charge >= 0.3 is 5.92 Å². The zero-order valence-corrected chi connectivity index (χ0v) is 14.0. The Kier molecular flexibility index (Phi) is 4.38. The Hall–Kier alpha value is -3.37. The standard InChI is InChI=1S/C16H15F3N6O2/c1-15(16(18,19)7-27-14(21)25-15)12-9(17)3-5-11(23-12)24-13(26)10-4-2-8(20)6-22-10/h2-6H,7,20H2,1H3,(H2,21,25)(H,23,24,26)/t15-/m1/s1. The van der Waals surface area contributed by atoms with Crippen LogP contribution >= 0.6 is 0 Å². The zero-order valence-electron chi connectivity index (χ0n) is 14.0. The van der Waals surface area contributed by atoms with Gasteiger partial charge in [0, 0.05) is 0 Å². The van der Waals surface area contributed by atoms with Crippen molar-refractivity contribution in [2.75, 3.05) is 17.7 Å². The summed E-state index contributed by atoms with van der Waals surface area (Å²) >= 11 is 0. The molecule has 0 spiro atoms. The number of ether oxygens (including phenoxy) is 1. The molecule has 142 valence electrons. The number of hydrogen-bond donors (Lipinski definition) is 3. The van der Waals surface area contributed by atoms with Crippen molar-refractivity contribution in [3.05, 3.63) is 47.7 Å². The first-order chi connectivity index (χ1) is 12.6. The van der Waals surface area contributed by atoms with Gasteiger partial charge in [0.25, 0.3) is 11.9 Å². The van der Waals surface area contributed by atoms with Crippen LogP contribution in [-0.2, 0) is 10.3 Å². The molecular weight excluding hydrogens is 365 g/mol. The summed E-state index contributed by atoms with van der Waals surface area (Å²) in [6.07, 6.45) is 1.28. The van der Waals surface area contributed by atoms with E-state index in [1.54, 1.807) is 0 Å². The number of nitrogens with two attached hydrogens (primary N) is 2. The van der Waals surface area contributed by atoms with Gasteiger partial charge in [-0.1, -0.05) is 0 Å². The minimum Gasteiger partial charge on any atom is -0.459 e. The van der Waals surface area contributed by atoms with Crippen LogP contribution < -0.4 is 16.8 Å². The smallest absolute Gasteiger partial charge is 0.311 e. The Labute approximate surface area is 151 Å². The van der Waals surface area contributed by atoms with E-state index in [1.807, 2.05) is 0 Å². The van der Waals surface area contributed by atoms with E-state index in [1.165, 1.54) is 18.3 Å². The number of rotatable bonds is 3. The van der Waals surface area contributed by atoms with Gasteiger partial charge in [0.05, 0.1) is 11.9 Å². The summed E-state index contributed by atoms with van der Waals surface area (Å²) in [4.78, 5) is 23.4. The van der Waals surface area contributed by atoms with Crippen molar-refractivity contribution in [1.82, 2.24) is 9.97 Å². The number of aromatic nitrogens is 2. The van der Waals surface area contributed by atoms with Crippen molar-refractivity contribution < 1.29 is 22.7 Å². The quantitative estimate of drug-likeness (QED) is 0.743. The van der Waals surface area contributed by atoms with Gasteiger partial charge in [-0.2, -0.15) is 8.78 Å². The number of alkyl halides is 2. The van der Waals surface area contributed by atoms with Gasteiger partial charge in [0.2, 0.25) is 0 Å². The zero-order chi connectivity index (χ0) is 19.8. The molecule has 8 nitrogen and oxygen atoms in total. The Morgan fingerprint density at radius 3 is 2.67 bits per heavy atom. The molecule has 0 radical (unpaired) electrons. The van der Waals surface area contributed by atoms with E-state index < -0.39 is 41.5 Å². The van der Waals surface area contributed by atoms with E-state index in [-0.39, 0.29) is 11.5 Å². The molecule has 3 heterocycles. The van der Waals surface area contributed by atoms with E-state index in [4.69, 9.17) is 11.5 Å². The first-order valence-electron chi connectivity index (χ1n) is 7.68. The van der Waals surface area contributed by atoms with Crippen molar-refractivity contribution in [3.63, 3.8) is 0 Å².